The molecule has 0 unspecified atom stereocenters. The van der Waals surface area contributed by atoms with Crippen molar-refractivity contribution in [2.75, 3.05) is 10.8 Å². The molecule has 0 radical (unpaired) electrons. The number of aryl methyl sites for hydroxylation is 2. The first-order chi connectivity index (χ1) is 16.8. The van der Waals surface area contributed by atoms with Crippen LogP contribution in [-0.2, 0) is 14.8 Å². The summed E-state index contributed by atoms with van der Waals surface area (Å²) in [6.45, 7) is 3.18. The molecule has 35 heavy (non-hydrogen) atoms. The standard InChI is InChI=1S/C27H25N3O4S/c1-19-12-13-20(2)25(16-19)30(35(33,34)22-9-4-3-5-10-22)18-27(32)29-28-17-24-23-11-7-6-8-21(23)14-15-26(24)31/h3-17,31H,18H2,1-2H3,(H,29,32)/b28-17-. The van der Waals surface area contributed by atoms with Crippen molar-refractivity contribution >= 4 is 38.6 Å². The average molecular weight is 488 g/mol. The molecule has 1 amide bonds. The first-order valence-corrected chi connectivity index (χ1v) is 12.4. The predicted molar refractivity (Wildman–Crippen MR) is 138 cm³/mol. The summed E-state index contributed by atoms with van der Waals surface area (Å²) in [6.07, 6.45) is 1.35. The zero-order chi connectivity index (χ0) is 25.0. The van der Waals surface area contributed by atoms with Crippen molar-refractivity contribution in [2.24, 2.45) is 5.10 Å². The van der Waals surface area contributed by atoms with Gasteiger partial charge in [-0.15, -0.1) is 0 Å². The predicted octanol–water partition coefficient (Wildman–Crippen LogP) is 4.51. The molecule has 0 bridgehead atoms. The lowest BCUT2D eigenvalue weighted by Crippen LogP contribution is -2.40. The summed E-state index contributed by atoms with van der Waals surface area (Å²) in [7, 11) is -4.02. The van der Waals surface area contributed by atoms with E-state index in [1.807, 2.05) is 43.3 Å². The van der Waals surface area contributed by atoms with Crippen molar-refractivity contribution in [1.29, 1.82) is 0 Å². The van der Waals surface area contributed by atoms with Crippen molar-refractivity contribution in [2.45, 2.75) is 18.7 Å². The zero-order valence-corrected chi connectivity index (χ0v) is 20.2. The number of anilines is 1. The molecular weight excluding hydrogens is 462 g/mol. The molecule has 0 aliphatic heterocycles. The molecule has 0 saturated carbocycles. The number of carbonyl (C=O) groups excluding carboxylic acids is 1. The fourth-order valence-electron chi connectivity index (χ4n) is 3.76. The van der Waals surface area contributed by atoms with E-state index < -0.39 is 22.5 Å². The van der Waals surface area contributed by atoms with E-state index >= 15 is 0 Å². The van der Waals surface area contributed by atoms with Gasteiger partial charge >= 0.3 is 0 Å². The number of hydrazone groups is 1. The van der Waals surface area contributed by atoms with E-state index in [-0.39, 0.29) is 10.6 Å². The Morgan fingerprint density at radius 3 is 2.46 bits per heavy atom. The number of carbonyl (C=O) groups is 1. The van der Waals surface area contributed by atoms with Gasteiger partial charge in [-0.2, -0.15) is 5.10 Å². The van der Waals surface area contributed by atoms with Crippen molar-refractivity contribution in [3.05, 3.63) is 102 Å². The summed E-state index contributed by atoms with van der Waals surface area (Å²) in [5.41, 5.74) is 4.84. The second-order valence-corrected chi connectivity index (χ2v) is 9.99. The summed E-state index contributed by atoms with van der Waals surface area (Å²) >= 11 is 0. The number of rotatable bonds is 7. The lowest BCUT2D eigenvalue weighted by Gasteiger charge is -2.25. The van der Waals surface area contributed by atoms with Gasteiger partial charge in [0.1, 0.15) is 12.3 Å². The Morgan fingerprint density at radius 1 is 0.971 bits per heavy atom. The molecule has 0 aliphatic rings. The van der Waals surface area contributed by atoms with Gasteiger partial charge in [0.15, 0.2) is 0 Å². The van der Waals surface area contributed by atoms with E-state index in [0.29, 0.717) is 16.8 Å². The topological polar surface area (TPSA) is 99.1 Å². The summed E-state index contributed by atoms with van der Waals surface area (Å²) in [6, 6.07) is 24.2. The molecular formula is C27H25N3O4S. The first kappa shape index (κ1) is 24.0. The van der Waals surface area contributed by atoms with Gasteiger partial charge in [0.25, 0.3) is 15.9 Å². The fourth-order valence-corrected chi connectivity index (χ4v) is 5.26. The first-order valence-electron chi connectivity index (χ1n) is 10.9. The van der Waals surface area contributed by atoms with Crippen LogP contribution in [0.15, 0.2) is 94.9 Å². The van der Waals surface area contributed by atoms with Gasteiger partial charge in [0, 0.05) is 5.56 Å². The van der Waals surface area contributed by atoms with Crippen LogP contribution in [0.25, 0.3) is 10.8 Å². The van der Waals surface area contributed by atoms with E-state index in [1.165, 1.54) is 18.3 Å². The molecule has 0 atom stereocenters. The Bertz CT molecular complexity index is 1520. The number of amides is 1. The van der Waals surface area contributed by atoms with E-state index in [2.05, 4.69) is 10.5 Å². The number of fused-ring (bicyclic) bond motifs is 1. The summed E-state index contributed by atoms with van der Waals surface area (Å²) in [5, 5.41) is 15.9. The zero-order valence-electron chi connectivity index (χ0n) is 19.3. The van der Waals surface area contributed by atoms with Crippen LogP contribution in [0.5, 0.6) is 5.75 Å². The molecule has 0 saturated heterocycles. The van der Waals surface area contributed by atoms with Crippen LogP contribution in [0.3, 0.4) is 0 Å². The largest absolute Gasteiger partial charge is 0.507 e. The Morgan fingerprint density at radius 2 is 1.69 bits per heavy atom. The number of aromatic hydroxyl groups is 1. The number of benzene rings is 4. The van der Waals surface area contributed by atoms with Crippen LogP contribution in [0, 0.1) is 13.8 Å². The monoisotopic (exact) mass is 487 g/mol. The van der Waals surface area contributed by atoms with Crippen LogP contribution < -0.4 is 9.73 Å². The molecule has 0 fully saturated rings. The van der Waals surface area contributed by atoms with Crippen molar-refractivity contribution in [1.82, 2.24) is 5.43 Å². The van der Waals surface area contributed by atoms with Gasteiger partial charge in [0.2, 0.25) is 0 Å². The Hall–Kier alpha value is -4.17. The minimum absolute atomic E-state index is 0.0189. The number of phenolic OH excluding ortho intramolecular Hbond substituents is 1. The third-order valence-corrected chi connectivity index (χ3v) is 7.36. The molecule has 2 N–H and O–H groups in total. The van der Waals surface area contributed by atoms with E-state index in [1.54, 1.807) is 43.3 Å². The third kappa shape index (κ3) is 5.17. The number of sulfonamides is 1. The van der Waals surface area contributed by atoms with Crippen LogP contribution in [0.4, 0.5) is 5.69 Å². The number of nitrogens with one attached hydrogen (secondary N) is 1. The maximum atomic E-state index is 13.5. The van der Waals surface area contributed by atoms with Crippen molar-refractivity contribution in [3.8, 4) is 5.75 Å². The minimum Gasteiger partial charge on any atom is -0.507 e. The second-order valence-electron chi connectivity index (χ2n) is 8.13. The lowest BCUT2D eigenvalue weighted by molar-refractivity contribution is -0.119. The molecule has 8 heteroatoms. The smallest absolute Gasteiger partial charge is 0.264 e. The van der Waals surface area contributed by atoms with Crippen molar-refractivity contribution in [3.63, 3.8) is 0 Å². The van der Waals surface area contributed by atoms with Crippen LogP contribution in [0.1, 0.15) is 16.7 Å². The Balaban J connectivity index is 1.62. The van der Waals surface area contributed by atoms with Gasteiger partial charge in [-0.3, -0.25) is 9.10 Å². The summed E-state index contributed by atoms with van der Waals surface area (Å²) in [4.78, 5) is 12.9. The highest BCUT2D eigenvalue weighted by atomic mass is 32.2. The maximum absolute atomic E-state index is 13.5. The number of hydrogen-bond donors (Lipinski definition) is 2. The highest BCUT2D eigenvalue weighted by molar-refractivity contribution is 7.92. The molecule has 7 nitrogen and oxygen atoms in total. The number of nitrogens with zero attached hydrogens (tertiary/aromatic N) is 2. The van der Waals surface area contributed by atoms with Crippen LogP contribution >= 0.6 is 0 Å². The van der Waals surface area contributed by atoms with E-state index in [4.69, 9.17) is 0 Å². The number of hydrogen-bond acceptors (Lipinski definition) is 5. The third-order valence-electron chi connectivity index (χ3n) is 5.58. The molecule has 0 aromatic heterocycles. The molecule has 4 rings (SSSR count). The molecule has 0 heterocycles. The van der Waals surface area contributed by atoms with E-state index in [9.17, 15) is 18.3 Å². The highest BCUT2D eigenvalue weighted by Gasteiger charge is 2.28. The van der Waals surface area contributed by atoms with Crippen molar-refractivity contribution < 1.29 is 18.3 Å². The summed E-state index contributed by atoms with van der Waals surface area (Å²) < 4.78 is 28.1. The fraction of sp³-hybridized carbons (Fsp3) is 0.111. The minimum atomic E-state index is -4.02. The molecule has 4 aromatic carbocycles. The molecule has 0 spiro atoms. The lowest BCUT2D eigenvalue weighted by atomic mass is 10.0. The van der Waals surface area contributed by atoms with Gasteiger partial charge in [0.05, 0.1) is 16.8 Å². The van der Waals surface area contributed by atoms with Gasteiger partial charge in [-0.1, -0.05) is 60.7 Å². The Labute approximate surface area is 204 Å². The average Bonchev–Trinajstić information content (AvgIpc) is 2.86. The van der Waals surface area contributed by atoms with Gasteiger partial charge in [-0.25, -0.2) is 13.8 Å². The van der Waals surface area contributed by atoms with E-state index in [0.717, 1.165) is 20.6 Å². The van der Waals surface area contributed by atoms with Gasteiger partial charge < -0.3 is 5.11 Å². The quantitative estimate of drug-likeness (QED) is 0.296. The molecule has 0 aliphatic carbocycles. The Kier molecular flexibility index (Phi) is 6.84. The summed E-state index contributed by atoms with van der Waals surface area (Å²) in [5.74, 6) is -0.605. The van der Waals surface area contributed by atoms with Crippen LogP contribution in [0.2, 0.25) is 0 Å². The van der Waals surface area contributed by atoms with Gasteiger partial charge in [-0.05, 0) is 60.0 Å². The molecule has 4 aromatic rings. The van der Waals surface area contributed by atoms with Crippen LogP contribution in [-0.4, -0.2) is 32.2 Å². The second kappa shape index (κ2) is 9.99. The highest BCUT2D eigenvalue weighted by Crippen LogP contribution is 2.28. The normalized spacial score (nSPS) is 11.6. The SMILES string of the molecule is Cc1ccc(C)c(N(CC(=O)N/N=C\c2c(O)ccc3ccccc23)S(=O)(=O)c2ccccc2)c1. The number of phenols is 1. The molecule has 178 valence electrons. The maximum Gasteiger partial charge on any atom is 0.264 e.